The van der Waals surface area contributed by atoms with E-state index in [1.165, 1.54) is 11.3 Å². The average molecular weight is 344 g/mol. The number of nitrogens with one attached hydrogen (secondary N) is 3. The first-order valence-corrected chi connectivity index (χ1v) is 8.83. The van der Waals surface area contributed by atoms with Gasteiger partial charge in [0.15, 0.2) is 0 Å². The number of nitrogens with zero attached hydrogens (tertiary/aromatic N) is 1. The molecular weight excluding hydrogens is 324 g/mol. The molecule has 2 unspecified atom stereocenters. The molecule has 6 nitrogen and oxygen atoms in total. The molecule has 0 radical (unpaired) electrons. The van der Waals surface area contributed by atoms with Crippen molar-refractivity contribution in [3.05, 3.63) is 46.4 Å². The number of thiophene rings is 1. The highest BCUT2D eigenvalue weighted by molar-refractivity contribution is 7.12. The zero-order valence-electron chi connectivity index (χ0n) is 13.4. The lowest BCUT2D eigenvalue weighted by Crippen LogP contribution is -2.50. The molecule has 2 atom stereocenters. The SMILES string of the molecule is CC1CCNCC1NC(=O)c1sccc1NC(=O)c1ccncc1. The minimum atomic E-state index is -0.252. The molecule has 3 heterocycles. The second-order valence-corrected chi connectivity index (χ2v) is 6.82. The number of hydrogen-bond acceptors (Lipinski definition) is 5. The summed E-state index contributed by atoms with van der Waals surface area (Å²) in [7, 11) is 0. The Morgan fingerprint density at radius 1 is 1.25 bits per heavy atom. The lowest BCUT2D eigenvalue weighted by Gasteiger charge is -2.30. The van der Waals surface area contributed by atoms with Crippen molar-refractivity contribution in [2.75, 3.05) is 18.4 Å². The van der Waals surface area contributed by atoms with Gasteiger partial charge in [-0.2, -0.15) is 0 Å². The van der Waals surface area contributed by atoms with Gasteiger partial charge in [0, 0.05) is 30.5 Å². The Morgan fingerprint density at radius 2 is 2.04 bits per heavy atom. The van der Waals surface area contributed by atoms with E-state index in [2.05, 4.69) is 27.9 Å². The lowest BCUT2D eigenvalue weighted by molar-refractivity contribution is 0.0920. The van der Waals surface area contributed by atoms with Gasteiger partial charge in [-0.3, -0.25) is 14.6 Å². The van der Waals surface area contributed by atoms with Crippen LogP contribution in [-0.4, -0.2) is 35.9 Å². The van der Waals surface area contributed by atoms with Crippen molar-refractivity contribution in [2.24, 2.45) is 5.92 Å². The van der Waals surface area contributed by atoms with Crippen molar-refractivity contribution in [3.8, 4) is 0 Å². The van der Waals surface area contributed by atoms with Crippen LogP contribution < -0.4 is 16.0 Å². The maximum atomic E-state index is 12.6. The number of aromatic nitrogens is 1. The normalized spacial score (nSPS) is 20.4. The Morgan fingerprint density at radius 3 is 2.79 bits per heavy atom. The van der Waals surface area contributed by atoms with E-state index in [-0.39, 0.29) is 17.9 Å². The lowest BCUT2D eigenvalue weighted by atomic mass is 9.95. The van der Waals surface area contributed by atoms with Gasteiger partial charge < -0.3 is 16.0 Å². The van der Waals surface area contributed by atoms with E-state index in [0.717, 1.165) is 19.5 Å². The Balaban J connectivity index is 1.68. The first kappa shape index (κ1) is 16.6. The molecular formula is C17H20N4O2S. The molecule has 0 spiro atoms. The van der Waals surface area contributed by atoms with Crippen LogP contribution in [0, 0.1) is 5.92 Å². The summed E-state index contributed by atoms with van der Waals surface area (Å²) in [5, 5.41) is 11.0. The Kier molecular flexibility index (Phi) is 5.22. The van der Waals surface area contributed by atoms with Gasteiger partial charge in [-0.25, -0.2) is 0 Å². The van der Waals surface area contributed by atoms with Crippen LogP contribution in [0.5, 0.6) is 0 Å². The molecule has 0 saturated carbocycles. The van der Waals surface area contributed by atoms with Gasteiger partial charge in [0.1, 0.15) is 4.88 Å². The molecule has 0 aromatic carbocycles. The Hall–Kier alpha value is -2.25. The van der Waals surface area contributed by atoms with E-state index in [1.807, 2.05) is 0 Å². The smallest absolute Gasteiger partial charge is 0.263 e. The van der Waals surface area contributed by atoms with E-state index in [9.17, 15) is 9.59 Å². The standard InChI is InChI=1S/C17H20N4O2S/c1-11-2-6-19-10-14(11)21-17(23)15-13(5-9-24-15)20-16(22)12-3-7-18-8-4-12/h3-5,7-9,11,14,19H,2,6,10H2,1H3,(H,20,22)(H,21,23). The van der Waals surface area contributed by atoms with Gasteiger partial charge >= 0.3 is 0 Å². The fraction of sp³-hybridized carbons (Fsp3) is 0.353. The van der Waals surface area contributed by atoms with Crippen molar-refractivity contribution in [2.45, 2.75) is 19.4 Å². The van der Waals surface area contributed by atoms with Crippen LogP contribution >= 0.6 is 11.3 Å². The third-order valence-electron chi connectivity index (χ3n) is 4.21. The highest BCUT2D eigenvalue weighted by Crippen LogP contribution is 2.23. The van der Waals surface area contributed by atoms with Crippen LogP contribution in [0.25, 0.3) is 0 Å². The van der Waals surface area contributed by atoms with Gasteiger partial charge in [0.25, 0.3) is 11.8 Å². The zero-order valence-corrected chi connectivity index (χ0v) is 14.2. The zero-order chi connectivity index (χ0) is 16.9. The maximum absolute atomic E-state index is 12.6. The summed E-state index contributed by atoms with van der Waals surface area (Å²) < 4.78 is 0. The highest BCUT2D eigenvalue weighted by Gasteiger charge is 2.25. The second kappa shape index (κ2) is 7.55. The van der Waals surface area contributed by atoms with Crippen LogP contribution in [0.15, 0.2) is 36.0 Å². The first-order chi connectivity index (χ1) is 11.6. The van der Waals surface area contributed by atoms with Gasteiger partial charge in [-0.1, -0.05) is 6.92 Å². The van der Waals surface area contributed by atoms with Crippen LogP contribution in [-0.2, 0) is 0 Å². The summed E-state index contributed by atoms with van der Waals surface area (Å²) in [6, 6.07) is 5.13. The number of amides is 2. The number of hydrogen-bond donors (Lipinski definition) is 3. The predicted molar refractivity (Wildman–Crippen MR) is 94.4 cm³/mol. The average Bonchev–Trinajstić information content (AvgIpc) is 3.06. The predicted octanol–water partition coefficient (Wildman–Crippen LogP) is 2.12. The summed E-state index contributed by atoms with van der Waals surface area (Å²) in [6.45, 7) is 3.91. The summed E-state index contributed by atoms with van der Waals surface area (Å²) in [5.41, 5.74) is 1.04. The Bertz CT molecular complexity index is 716. The fourth-order valence-corrected chi connectivity index (χ4v) is 3.45. The van der Waals surface area contributed by atoms with Gasteiger partial charge in [0.2, 0.25) is 0 Å². The van der Waals surface area contributed by atoms with Crippen molar-refractivity contribution < 1.29 is 9.59 Å². The molecule has 1 aliphatic rings. The first-order valence-electron chi connectivity index (χ1n) is 7.95. The molecule has 1 fully saturated rings. The quantitative estimate of drug-likeness (QED) is 0.793. The largest absolute Gasteiger partial charge is 0.347 e. The Labute approximate surface area is 144 Å². The summed E-state index contributed by atoms with van der Waals surface area (Å²) in [6.07, 6.45) is 4.17. The summed E-state index contributed by atoms with van der Waals surface area (Å²) >= 11 is 1.33. The number of anilines is 1. The van der Waals surface area contributed by atoms with Gasteiger partial charge in [-0.15, -0.1) is 11.3 Å². The van der Waals surface area contributed by atoms with Crippen LogP contribution in [0.1, 0.15) is 33.4 Å². The second-order valence-electron chi connectivity index (χ2n) is 5.90. The third-order valence-corrected chi connectivity index (χ3v) is 5.12. The van der Waals surface area contributed by atoms with Crippen LogP contribution in [0.3, 0.4) is 0 Å². The number of piperidine rings is 1. The number of rotatable bonds is 4. The molecule has 2 amide bonds. The maximum Gasteiger partial charge on any atom is 0.263 e. The van der Waals surface area contributed by atoms with Crippen molar-refractivity contribution >= 4 is 28.8 Å². The molecule has 3 N–H and O–H groups in total. The molecule has 3 rings (SSSR count). The van der Waals surface area contributed by atoms with Crippen molar-refractivity contribution in [3.63, 3.8) is 0 Å². The van der Waals surface area contributed by atoms with E-state index in [0.29, 0.717) is 22.0 Å². The summed E-state index contributed by atoms with van der Waals surface area (Å²) in [5.74, 6) is 0.0400. The van der Waals surface area contributed by atoms with E-state index < -0.39 is 0 Å². The molecule has 126 valence electrons. The van der Waals surface area contributed by atoms with Crippen molar-refractivity contribution in [1.82, 2.24) is 15.6 Å². The fourth-order valence-electron chi connectivity index (χ4n) is 2.70. The van der Waals surface area contributed by atoms with Crippen molar-refractivity contribution in [1.29, 1.82) is 0 Å². The molecule has 24 heavy (non-hydrogen) atoms. The molecule has 7 heteroatoms. The summed E-state index contributed by atoms with van der Waals surface area (Å²) in [4.78, 5) is 29.2. The van der Waals surface area contributed by atoms with Crippen LogP contribution in [0.2, 0.25) is 0 Å². The molecule has 0 aliphatic carbocycles. The van der Waals surface area contributed by atoms with Gasteiger partial charge in [0.05, 0.1) is 5.69 Å². The van der Waals surface area contributed by atoms with E-state index >= 15 is 0 Å². The number of carbonyl (C=O) groups is 2. The number of carbonyl (C=O) groups excluding carboxylic acids is 2. The minimum Gasteiger partial charge on any atom is -0.347 e. The highest BCUT2D eigenvalue weighted by atomic mass is 32.1. The third kappa shape index (κ3) is 3.80. The number of pyridine rings is 1. The molecule has 1 saturated heterocycles. The molecule has 1 aliphatic heterocycles. The molecule has 0 bridgehead atoms. The molecule has 2 aromatic rings. The topological polar surface area (TPSA) is 83.1 Å². The van der Waals surface area contributed by atoms with Crippen LogP contribution in [0.4, 0.5) is 5.69 Å². The minimum absolute atomic E-state index is 0.108. The van der Waals surface area contributed by atoms with Gasteiger partial charge in [-0.05, 0) is 42.5 Å². The molecule has 2 aromatic heterocycles. The van der Waals surface area contributed by atoms with E-state index in [1.54, 1.807) is 36.0 Å². The monoisotopic (exact) mass is 344 g/mol. The van der Waals surface area contributed by atoms with E-state index in [4.69, 9.17) is 0 Å².